The van der Waals surface area contributed by atoms with E-state index in [9.17, 15) is 4.79 Å². The maximum Gasteiger partial charge on any atom is 0.252 e. The highest BCUT2D eigenvalue weighted by Gasteiger charge is 2.16. The van der Waals surface area contributed by atoms with Crippen molar-refractivity contribution in [1.29, 1.82) is 0 Å². The number of rotatable bonds is 6. The van der Waals surface area contributed by atoms with E-state index in [1.54, 1.807) is 24.4 Å². The van der Waals surface area contributed by atoms with Gasteiger partial charge in [-0.3, -0.25) is 4.79 Å². The van der Waals surface area contributed by atoms with Crippen molar-refractivity contribution in [2.45, 2.75) is 20.5 Å². The molecule has 25 heavy (non-hydrogen) atoms. The molecule has 0 fully saturated rings. The summed E-state index contributed by atoms with van der Waals surface area (Å²) in [5, 5.41) is 6.75. The van der Waals surface area contributed by atoms with Crippen LogP contribution in [0.1, 0.15) is 28.6 Å². The summed E-state index contributed by atoms with van der Waals surface area (Å²) in [5.41, 5.74) is 2.54. The third-order valence-electron chi connectivity index (χ3n) is 3.51. The van der Waals surface area contributed by atoms with E-state index >= 15 is 0 Å². The summed E-state index contributed by atoms with van der Waals surface area (Å²) >= 11 is 0. The van der Waals surface area contributed by atoms with Crippen LogP contribution in [0.2, 0.25) is 0 Å². The molecular weight excluding hydrogens is 322 g/mol. The van der Waals surface area contributed by atoms with Crippen LogP contribution in [-0.4, -0.2) is 32.6 Å². The fourth-order valence-electron chi connectivity index (χ4n) is 2.20. The van der Waals surface area contributed by atoms with Crippen molar-refractivity contribution in [3.63, 3.8) is 0 Å². The second-order valence-corrected chi connectivity index (χ2v) is 5.19. The van der Waals surface area contributed by atoms with Crippen LogP contribution >= 0.6 is 0 Å². The zero-order chi connectivity index (χ0) is 17.6. The minimum absolute atomic E-state index is 0.164. The second kappa shape index (κ2) is 7.52. The molecule has 0 saturated carbocycles. The number of nitrogens with one attached hydrogen (secondary N) is 1. The summed E-state index contributed by atoms with van der Waals surface area (Å²) in [7, 11) is 0. The summed E-state index contributed by atoms with van der Waals surface area (Å²) in [6.07, 6.45) is 4.57. The smallest absolute Gasteiger partial charge is 0.252 e. The molecule has 3 aromatic rings. The third-order valence-corrected chi connectivity index (χ3v) is 3.51. The van der Waals surface area contributed by atoms with Gasteiger partial charge in [0.2, 0.25) is 5.88 Å². The Labute approximate surface area is 144 Å². The number of aryl methyl sites for hydroxylation is 1. The Morgan fingerprint density at radius 1 is 1.28 bits per heavy atom. The predicted molar refractivity (Wildman–Crippen MR) is 88.8 cm³/mol. The second-order valence-electron chi connectivity index (χ2n) is 5.19. The molecule has 0 unspecified atom stereocenters. The molecule has 0 saturated heterocycles. The first-order valence-electron chi connectivity index (χ1n) is 7.77. The minimum Gasteiger partial charge on any atom is -0.473 e. The minimum atomic E-state index is -0.164. The van der Waals surface area contributed by atoms with Gasteiger partial charge in [0.25, 0.3) is 5.91 Å². The van der Waals surface area contributed by atoms with Gasteiger partial charge in [0.15, 0.2) is 0 Å². The molecule has 0 aliphatic carbocycles. The van der Waals surface area contributed by atoms with E-state index < -0.39 is 0 Å². The van der Waals surface area contributed by atoms with Gasteiger partial charge in [0, 0.05) is 25.0 Å². The Hall–Kier alpha value is -3.29. The fraction of sp³-hybridized carbons (Fsp3) is 0.235. The van der Waals surface area contributed by atoms with Crippen LogP contribution in [0, 0.1) is 6.92 Å². The molecule has 8 heteroatoms. The third kappa shape index (κ3) is 3.79. The fourth-order valence-corrected chi connectivity index (χ4v) is 2.20. The van der Waals surface area contributed by atoms with Crippen LogP contribution in [0.3, 0.4) is 0 Å². The average Bonchev–Trinajstić information content (AvgIpc) is 3.02. The highest BCUT2D eigenvalue weighted by molar-refractivity contribution is 5.93. The van der Waals surface area contributed by atoms with Gasteiger partial charge in [-0.05, 0) is 26.0 Å². The van der Waals surface area contributed by atoms with Gasteiger partial charge >= 0.3 is 0 Å². The summed E-state index contributed by atoms with van der Waals surface area (Å²) in [5.74, 6) is 0.886. The van der Waals surface area contributed by atoms with Gasteiger partial charge in [-0.1, -0.05) is 5.16 Å². The highest BCUT2D eigenvalue weighted by Crippen LogP contribution is 2.24. The van der Waals surface area contributed by atoms with Crippen molar-refractivity contribution in [2.24, 2.45) is 0 Å². The molecule has 128 valence electrons. The summed E-state index contributed by atoms with van der Waals surface area (Å²) in [6.45, 7) is 4.46. The van der Waals surface area contributed by atoms with Crippen LogP contribution in [0.5, 0.6) is 5.88 Å². The van der Waals surface area contributed by atoms with Gasteiger partial charge in [0.1, 0.15) is 24.4 Å². The lowest BCUT2D eigenvalue weighted by Gasteiger charge is -2.07. The zero-order valence-electron chi connectivity index (χ0n) is 13.9. The van der Waals surface area contributed by atoms with Crippen molar-refractivity contribution in [2.75, 3.05) is 6.54 Å². The molecule has 0 atom stereocenters. The van der Waals surface area contributed by atoms with Gasteiger partial charge in [-0.15, -0.1) is 0 Å². The number of ether oxygens (including phenoxy) is 1. The van der Waals surface area contributed by atoms with Crippen molar-refractivity contribution in [3.8, 4) is 17.3 Å². The molecular formula is C17H17N5O3. The Kier molecular flexibility index (Phi) is 4.98. The lowest BCUT2D eigenvalue weighted by molar-refractivity contribution is 0.0955. The Morgan fingerprint density at radius 3 is 2.84 bits per heavy atom. The normalized spacial score (nSPS) is 10.5. The zero-order valence-corrected chi connectivity index (χ0v) is 13.9. The number of carbonyl (C=O) groups is 1. The number of pyridine rings is 1. The largest absolute Gasteiger partial charge is 0.473 e. The highest BCUT2D eigenvalue weighted by atomic mass is 16.5. The van der Waals surface area contributed by atoms with Gasteiger partial charge < -0.3 is 14.6 Å². The number of hydrogen-bond donors (Lipinski definition) is 1. The summed E-state index contributed by atoms with van der Waals surface area (Å²) < 4.78 is 11.0. The molecule has 0 bridgehead atoms. The van der Waals surface area contributed by atoms with E-state index in [2.05, 4.69) is 25.4 Å². The number of carbonyl (C=O) groups excluding carboxylic acids is 1. The Bertz CT molecular complexity index is 846. The topological polar surface area (TPSA) is 103 Å². The maximum absolute atomic E-state index is 11.7. The van der Waals surface area contributed by atoms with Crippen LogP contribution in [-0.2, 0) is 6.61 Å². The van der Waals surface area contributed by atoms with Gasteiger partial charge in [-0.2, -0.15) is 0 Å². The Balaban J connectivity index is 1.72. The van der Waals surface area contributed by atoms with Crippen molar-refractivity contribution >= 4 is 5.91 Å². The quantitative estimate of drug-likeness (QED) is 0.734. The number of hydrogen-bond acceptors (Lipinski definition) is 7. The summed E-state index contributed by atoms with van der Waals surface area (Å²) in [6, 6.07) is 5.07. The van der Waals surface area contributed by atoms with E-state index in [0.717, 1.165) is 5.56 Å². The first kappa shape index (κ1) is 16.6. The van der Waals surface area contributed by atoms with Gasteiger partial charge in [-0.25, -0.2) is 15.0 Å². The van der Waals surface area contributed by atoms with E-state index in [4.69, 9.17) is 9.26 Å². The van der Waals surface area contributed by atoms with Crippen LogP contribution in [0.15, 0.2) is 41.4 Å². The lowest BCUT2D eigenvalue weighted by Crippen LogP contribution is -2.22. The van der Waals surface area contributed by atoms with Crippen molar-refractivity contribution in [3.05, 3.63) is 53.8 Å². The van der Waals surface area contributed by atoms with E-state index in [1.165, 1.54) is 12.5 Å². The molecule has 0 spiro atoms. The van der Waals surface area contributed by atoms with Gasteiger partial charge in [0.05, 0.1) is 16.8 Å². The predicted octanol–water partition coefficient (Wildman–Crippen LogP) is 2.16. The number of amides is 1. The van der Waals surface area contributed by atoms with E-state index in [-0.39, 0.29) is 12.5 Å². The number of aromatic nitrogens is 4. The van der Waals surface area contributed by atoms with E-state index in [1.807, 2.05) is 13.8 Å². The van der Waals surface area contributed by atoms with E-state index in [0.29, 0.717) is 35.1 Å². The van der Waals surface area contributed by atoms with Crippen molar-refractivity contribution in [1.82, 2.24) is 25.4 Å². The molecule has 3 rings (SSSR count). The molecule has 0 aliphatic rings. The monoisotopic (exact) mass is 339 g/mol. The molecule has 0 aliphatic heterocycles. The lowest BCUT2D eigenvalue weighted by atomic mass is 10.1. The summed E-state index contributed by atoms with van der Waals surface area (Å²) in [4.78, 5) is 23.9. The molecule has 1 N–H and O–H groups in total. The molecule has 3 aromatic heterocycles. The Morgan fingerprint density at radius 2 is 2.16 bits per heavy atom. The molecule has 0 aromatic carbocycles. The first-order valence-corrected chi connectivity index (χ1v) is 7.77. The SMILES string of the molecule is CCNC(=O)c1ccc(OCc2c(-c3ccncn3)noc2C)nc1. The average molecular weight is 339 g/mol. The standard InChI is InChI=1S/C17H17N5O3/c1-3-19-17(23)12-4-5-15(20-8-12)24-9-13-11(2)25-22-16(13)14-6-7-18-10-21-14/h4-8,10H,3,9H2,1-2H3,(H,19,23). The van der Waals surface area contributed by atoms with Crippen LogP contribution in [0.4, 0.5) is 0 Å². The first-order chi connectivity index (χ1) is 12.2. The number of nitrogens with zero attached hydrogens (tertiary/aromatic N) is 4. The molecule has 8 nitrogen and oxygen atoms in total. The molecule has 0 radical (unpaired) electrons. The molecule has 3 heterocycles. The maximum atomic E-state index is 11.7. The van der Waals surface area contributed by atoms with Crippen LogP contribution in [0.25, 0.3) is 11.4 Å². The van der Waals surface area contributed by atoms with Crippen LogP contribution < -0.4 is 10.1 Å². The van der Waals surface area contributed by atoms with Crippen molar-refractivity contribution < 1.29 is 14.1 Å². The molecule has 1 amide bonds.